The van der Waals surface area contributed by atoms with Crippen LogP contribution in [0.25, 0.3) is 10.9 Å². The van der Waals surface area contributed by atoms with Crippen LogP contribution in [0.4, 0.5) is 26.0 Å². The number of nitrogens with zero attached hydrogens (tertiary/aromatic N) is 4. The molecule has 0 aliphatic carbocycles. The molecule has 3 N–H and O–H groups in total. The number of benzene rings is 2. The molecule has 1 fully saturated rings. The van der Waals surface area contributed by atoms with E-state index in [-0.39, 0.29) is 33.9 Å². The van der Waals surface area contributed by atoms with Crippen LogP contribution in [0.1, 0.15) is 18.2 Å². The maximum absolute atomic E-state index is 15.0. The molecule has 1 aliphatic rings. The van der Waals surface area contributed by atoms with Crippen LogP contribution >= 0.6 is 0 Å². The molecule has 2 aromatic heterocycles. The quantitative estimate of drug-likeness (QED) is 0.383. The monoisotopic (exact) mass is 475 g/mol. The van der Waals surface area contributed by atoms with E-state index in [1.165, 1.54) is 12.4 Å². The predicted octanol–water partition coefficient (Wildman–Crippen LogP) is 4.75. The lowest BCUT2D eigenvalue weighted by molar-refractivity contribution is 0.424. The fourth-order valence-corrected chi connectivity index (χ4v) is 4.21. The Morgan fingerprint density at radius 3 is 2.74 bits per heavy atom. The molecule has 1 saturated heterocycles. The second-order valence-electron chi connectivity index (χ2n) is 8.50. The number of aromatic nitrogens is 3. The van der Waals surface area contributed by atoms with Gasteiger partial charge in [-0.2, -0.15) is 5.26 Å². The van der Waals surface area contributed by atoms with Crippen molar-refractivity contribution in [3.63, 3.8) is 0 Å². The first-order valence-corrected chi connectivity index (χ1v) is 11.2. The zero-order valence-corrected chi connectivity index (χ0v) is 19.2. The predicted molar refractivity (Wildman–Crippen MR) is 129 cm³/mol. The van der Waals surface area contributed by atoms with Gasteiger partial charge >= 0.3 is 0 Å². The van der Waals surface area contributed by atoms with Gasteiger partial charge in [0.05, 0.1) is 5.52 Å². The van der Waals surface area contributed by atoms with Crippen molar-refractivity contribution in [2.75, 3.05) is 29.9 Å². The van der Waals surface area contributed by atoms with Crippen LogP contribution in [-0.2, 0) is 0 Å². The van der Waals surface area contributed by atoms with Crippen molar-refractivity contribution in [2.24, 2.45) is 0 Å². The zero-order chi connectivity index (χ0) is 24.5. The third kappa shape index (κ3) is 4.46. The van der Waals surface area contributed by atoms with Crippen molar-refractivity contribution < 1.29 is 13.5 Å². The van der Waals surface area contributed by atoms with E-state index in [4.69, 9.17) is 4.74 Å². The molecule has 1 aliphatic heterocycles. The lowest BCUT2D eigenvalue weighted by Crippen LogP contribution is -2.49. The number of nitrogens with one attached hydrogen (secondary N) is 3. The number of rotatable bonds is 5. The molecule has 0 bridgehead atoms. The van der Waals surface area contributed by atoms with Crippen molar-refractivity contribution in [1.82, 2.24) is 20.3 Å². The maximum Gasteiger partial charge on any atom is 0.242 e. The zero-order valence-electron chi connectivity index (χ0n) is 19.2. The maximum atomic E-state index is 15.0. The SMILES string of the molecule is Cc1cc2c(F)c(Oc3ncnc(Nc4ccc(N5CCN[C@@H](C)C5)cc4)c3C#N)cc(F)c2[nH]1. The smallest absolute Gasteiger partial charge is 0.242 e. The number of ether oxygens (including phenoxy) is 1. The summed E-state index contributed by atoms with van der Waals surface area (Å²) in [4.78, 5) is 13.2. The van der Waals surface area contributed by atoms with Crippen LogP contribution in [0.5, 0.6) is 11.6 Å². The molecule has 8 nitrogen and oxygen atoms in total. The number of hydrogen-bond acceptors (Lipinski definition) is 7. The van der Waals surface area contributed by atoms with Gasteiger partial charge in [-0.3, -0.25) is 0 Å². The van der Waals surface area contributed by atoms with Gasteiger partial charge in [-0.05, 0) is 44.2 Å². The van der Waals surface area contributed by atoms with Gasteiger partial charge in [-0.15, -0.1) is 0 Å². The summed E-state index contributed by atoms with van der Waals surface area (Å²) >= 11 is 0. The molecule has 35 heavy (non-hydrogen) atoms. The lowest BCUT2D eigenvalue weighted by Gasteiger charge is -2.33. The first-order chi connectivity index (χ1) is 16.9. The van der Waals surface area contributed by atoms with E-state index in [9.17, 15) is 14.0 Å². The van der Waals surface area contributed by atoms with Gasteiger partial charge in [0, 0.05) is 54.2 Å². The Kier molecular flexibility index (Phi) is 5.93. The highest BCUT2D eigenvalue weighted by molar-refractivity contribution is 5.83. The average Bonchev–Trinajstić information content (AvgIpc) is 3.25. The van der Waals surface area contributed by atoms with Crippen LogP contribution in [-0.4, -0.2) is 40.6 Å². The van der Waals surface area contributed by atoms with Crippen LogP contribution in [0.15, 0.2) is 42.7 Å². The first kappa shape index (κ1) is 22.6. The average molecular weight is 476 g/mol. The molecule has 3 heterocycles. The molecule has 1 atom stereocenters. The van der Waals surface area contributed by atoms with Crippen molar-refractivity contribution >= 4 is 28.1 Å². The molecule has 2 aromatic carbocycles. The van der Waals surface area contributed by atoms with Crippen molar-refractivity contribution in [1.29, 1.82) is 5.26 Å². The number of aryl methyl sites for hydroxylation is 1. The van der Waals surface area contributed by atoms with Gasteiger partial charge in [-0.25, -0.2) is 18.7 Å². The Hall–Kier alpha value is -4.23. The van der Waals surface area contributed by atoms with Gasteiger partial charge < -0.3 is 25.3 Å². The topological polar surface area (TPSA) is 102 Å². The minimum Gasteiger partial charge on any atom is -0.434 e. The van der Waals surface area contributed by atoms with E-state index in [0.29, 0.717) is 17.4 Å². The second kappa shape index (κ2) is 9.19. The Morgan fingerprint density at radius 2 is 2.00 bits per heavy atom. The molecule has 178 valence electrons. The van der Waals surface area contributed by atoms with Gasteiger partial charge in [0.2, 0.25) is 5.88 Å². The van der Waals surface area contributed by atoms with Gasteiger partial charge in [0.15, 0.2) is 28.8 Å². The van der Waals surface area contributed by atoms with E-state index in [2.05, 4.69) is 37.4 Å². The number of halogens is 2. The highest BCUT2D eigenvalue weighted by Crippen LogP contribution is 2.34. The summed E-state index contributed by atoms with van der Waals surface area (Å²) in [6.07, 6.45) is 1.20. The molecular formula is C25H23F2N7O. The fourth-order valence-electron chi connectivity index (χ4n) is 4.21. The summed E-state index contributed by atoms with van der Waals surface area (Å²) in [5, 5.41) is 16.3. The highest BCUT2D eigenvalue weighted by atomic mass is 19.1. The first-order valence-electron chi connectivity index (χ1n) is 11.2. The summed E-state index contributed by atoms with van der Waals surface area (Å²) < 4.78 is 35.0. The number of nitriles is 1. The summed E-state index contributed by atoms with van der Waals surface area (Å²) in [5.74, 6) is -1.78. The van der Waals surface area contributed by atoms with E-state index in [1.54, 1.807) is 6.92 Å². The molecule has 0 amide bonds. The molecule has 0 spiro atoms. The molecular weight excluding hydrogens is 452 g/mol. The Bertz CT molecular complexity index is 1430. The number of H-pyrrole nitrogens is 1. The van der Waals surface area contributed by atoms with Gasteiger partial charge in [0.25, 0.3) is 0 Å². The molecule has 0 unspecified atom stereocenters. The number of aromatic amines is 1. The van der Waals surface area contributed by atoms with Crippen molar-refractivity contribution in [3.05, 3.63) is 65.6 Å². The van der Waals surface area contributed by atoms with Crippen molar-refractivity contribution in [3.8, 4) is 17.7 Å². The third-order valence-corrected chi connectivity index (χ3v) is 5.90. The summed E-state index contributed by atoms with van der Waals surface area (Å²) in [5.41, 5.74) is 2.44. The van der Waals surface area contributed by atoms with E-state index < -0.39 is 11.6 Å². The standard InChI is InChI=1S/C25H23F2N7O/c1-14-9-18-22(27)21(10-20(26)23(18)32-14)35-25-19(11-28)24(30-13-31-25)33-16-3-5-17(6-4-16)34-8-7-29-15(2)12-34/h3-6,9-10,13,15,29,32H,7-8,12H2,1-2H3,(H,30,31,33)/t15-/m0/s1. The number of anilines is 3. The lowest BCUT2D eigenvalue weighted by atomic mass is 10.2. The second-order valence-corrected chi connectivity index (χ2v) is 8.50. The van der Waals surface area contributed by atoms with E-state index in [1.807, 2.05) is 30.3 Å². The molecule has 0 saturated carbocycles. The Labute approximate surface area is 200 Å². The van der Waals surface area contributed by atoms with Crippen LogP contribution in [0.3, 0.4) is 0 Å². The Morgan fingerprint density at radius 1 is 1.20 bits per heavy atom. The minimum absolute atomic E-state index is 0.0299. The molecule has 10 heteroatoms. The normalized spacial score (nSPS) is 15.7. The fraction of sp³-hybridized carbons (Fsp3) is 0.240. The summed E-state index contributed by atoms with van der Waals surface area (Å²) in [6, 6.07) is 12.6. The van der Waals surface area contributed by atoms with Gasteiger partial charge in [-0.1, -0.05) is 0 Å². The molecule has 4 aromatic rings. The number of fused-ring (bicyclic) bond motifs is 1. The summed E-state index contributed by atoms with van der Waals surface area (Å²) in [6.45, 7) is 6.62. The van der Waals surface area contributed by atoms with Crippen LogP contribution < -0.4 is 20.3 Å². The molecule has 5 rings (SSSR count). The minimum atomic E-state index is -0.749. The number of hydrogen-bond donors (Lipinski definition) is 3. The molecule has 0 radical (unpaired) electrons. The van der Waals surface area contributed by atoms with E-state index >= 15 is 0 Å². The van der Waals surface area contributed by atoms with E-state index in [0.717, 1.165) is 31.4 Å². The van der Waals surface area contributed by atoms with Crippen molar-refractivity contribution in [2.45, 2.75) is 19.9 Å². The highest BCUT2D eigenvalue weighted by Gasteiger charge is 2.20. The van der Waals surface area contributed by atoms with Crippen LogP contribution in [0.2, 0.25) is 0 Å². The number of piperazine rings is 1. The summed E-state index contributed by atoms with van der Waals surface area (Å²) in [7, 11) is 0. The van der Waals surface area contributed by atoms with Crippen LogP contribution in [0, 0.1) is 29.9 Å². The largest absolute Gasteiger partial charge is 0.434 e. The Balaban J connectivity index is 1.40. The third-order valence-electron chi connectivity index (χ3n) is 5.90. The van der Waals surface area contributed by atoms with Gasteiger partial charge in [0.1, 0.15) is 12.4 Å².